The second-order valence-corrected chi connectivity index (χ2v) is 17.1. The molecule has 13 aromatic rings. The van der Waals surface area contributed by atoms with Gasteiger partial charge in [0.05, 0.1) is 22.1 Å². The molecule has 0 saturated carbocycles. The molecule has 0 bridgehead atoms. The van der Waals surface area contributed by atoms with Crippen molar-refractivity contribution in [1.82, 2.24) is 24.1 Å². The van der Waals surface area contributed by atoms with Crippen molar-refractivity contribution in [3.8, 4) is 56.7 Å². The van der Waals surface area contributed by atoms with Gasteiger partial charge in [-0.1, -0.05) is 140 Å². The van der Waals surface area contributed by atoms with Crippen molar-refractivity contribution >= 4 is 75.1 Å². The van der Waals surface area contributed by atoms with Gasteiger partial charge in [-0.25, -0.2) is 15.0 Å². The lowest BCUT2D eigenvalue weighted by Crippen LogP contribution is -2.00. The molecule has 0 aliphatic heterocycles. The highest BCUT2D eigenvalue weighted by molar-refractivity contribution is 7.25. The largest absolute Gasteiger partial charge is 0.309 e. The Balaban J connectivity index is 0.964. The van der Waals surface area contributed by atoms with E-state index in [9.17, 15) is 0 Å². The Morgan fingerprint density at radius 2 is 0.810 bits per heavy atom. The fourth-order valence-electron chi connectivity index (χ4n) is 9.49. The second-order valence-electron chi connectivity index (χ2n) is 16.0. The van der Waals surface area contributed by atoms with E-state index in [0.29, 0.717) is 17.5 Å². The maximum atomic E-state index is 5.01. The molecule has 6 heteroatoms. The predicted octanol–water partition coefficient (Wildman–Crippen LogP) is 15.1. The molecular formula is C57H35N5S. The van der Waals surface area contributed by atoms with Crippen LogP contribution >= 0.6 is 11.3 Å². The summed E-state index contributed by atoms with van der Waals surface area (Å²) in [5.74, 6) is 1.92. The number of rotatable bonds is 6. The summed E-state index contributed by atoms with van der Waals surface area (Å²) in [6.07, 6.45) is 0. The third-order valence-corrected chi connectivity index (χ3v) is 13.5. The van der Waals surface area contributed by atoms with E-state index in [1.165, 1.54) is 75.1 Å². The van der Waals surface area contributed by atoms with Crippen LogP contribution in [0.4, 0.5) is 0 Å². The van der Waals surface area contributed by atoms with Crippen LogP contribution in [0.1, 0.15) is 0 Å². The summed E-state index contributed by atoms with van der Waals surface area (Å²) in [5.41, 5.74) is 12.1. The van der Waals surface area contributed by atoms with Crippen molar-refractivity contribution in [1.29, 1.82) is 0 Å². The summed E-state index contributed by atoms with van der Waals surface area (Å²) in [7, 11) is 0. The molecule has 4 heterocycles. The molecule has 0 aliphatic carbocycles. The number of thiophene rings is 1. The van der Waals surface area contributed by atoms with Gasteiger partial charge in [0.1, 0.15) is 0 Å². The first-order valence-electron chi connectivity index (χ1n) is 21.2. The van der Waals surface area contributed by atoms with Crippen LogP contribution in [-0.2, 0) is 0 Å². The van der Waals surface area contributed by atoms with Gasteiger partial charge in [-0.2, -0.15) is 0 Å². The van der Waals surface area contributed by atoms with Gasteiger partial charge in [0.2, 0.25) is 0 Å². The minimum Gasteiger partial charge on any atom is -0.309 e. The highest BCUT2D eigenvalue weighted by Gasteiger charge is 2.20. The molecule has 5 nitrogen and oxygen atoms in total. The molecular weight excluding hydrogens is 787 g/mol. The zero-order chi connectivity index (χ0) is 41.4. The number of nitrogens with zero attached hydrogens (tertiary/aromatic N) is 5. The van der Waals surface area contributed by atoms with E-state index in [0.717, 1.165) is 27.9 Å². The van der Waals surface area contributed by atoms with Crippen molar-refractivity contribution < 1.29 is 0 Å². The highest BCUT2D eigenvalue weighted by atomic mass is 32.1. The molecule has 63 heavy (non-hydrogen) atoms. The van der Waals surface area contributed by atoms with E-state index in [-0.39, 0.29) is 0 Å². The molecule has 0 saturated heterocycles. The summed E-state index contributed by atoms with van der Waals surface area (Å²) in [6, 6.07) is 75.8. The number of fused-ring (bicyclic) bond motifs is 9. The van der Waals surface area contributed by atoms with Gasteiger partial charge >= 0.3 is 0 Å². The van der Waals surface area contributed by atoms with Crippen LogP contribution in [0.5, 0.6) is 0 Å². The van der Waals surface area contributed by atoms with Crippen LogP contribution in [0.15, 0.2) is 212 Å². The van der Waals surface area contributed by atoms with Crippen LogP contribution in [0.3, 0.4) is 0 Å². The van der Waals surface area contributed by atoms with Crippen molar-refractivity contribution in [2.24, 2.45) is 0 Å². The normalized spacial score (nSPS) is 11.8. The second kappa shape index (κ2) is 14.2. The first-order valence-corrected chi connectivity index (χ1v) is 22.0. The monoisotopic (exact) mass is 821 g/mol. The van der Waals surface area contributed by atoms with Gasteiger partial charge in [-0.3, -0.25) is 0 Å². The molecule has 13 rings (SSSR count). The van der Waals surface area contributed by atoms with E-state index >= 15 is 0 Å². The van der Waals surface area contributed by atoms with E-state index in [1.807, 2.05) is 72.0 Å². The SMILES string of the molecule is c1ccc(-c2nc(-c3ccccc3)nc(-c3ccc(-n4c5ccccc5c5cccc(-c6ccc7c(c6)c6ccccc6n7-c6ccc7sc8ccccc8c7c6)c54)cc3)n2)cc1. The molecule has 0 radical (unpaired) electrons. The highest BCUT2D eigenvalue weighted by Crippen LogP contribution is 2.42. The first kappa shape index (κ1) is 35.6. The molecule has 9 aromatic carbocycles. The Labute approximate surface area is 366 Å². The lowest BCUT2D eigenvalue weighted by atomic mass is 10.00. The maximum Gasteiger partial charge on any atom is 0.164 e. The minimum absolute atomic E-state index is 0.633. The van der Waals surface area contributed by atoms with Crippen molar-refractivity contribution in [2.75, 3.05) is 0 Å². The zero-order valence-corrected chi connectivity index (χ0v) is 34.7. The zero-order valence-electron chi connectivity index (χ0n) is 33.9. The molecule has 0 N–H and O–H groups in total. The van der Waals surface area contributed by atoms with Gasteiger partial charge in [0.25, 0.3) is 0 Å². The minimum atomic E-state index is 0.633. The van der Waals surface area contributed by atoms with E-state index in [4.69, 9.17) is 15.0 Å². The Bertz CT molecular complexity index is 3840. The molecule has 0 atom stereocenters. The molecule has 294 valence electrons. The quantitative estimate of drug-likeness (QED) is 0.168. The molecule has 4 aromatic heterocycles. The number of para-hydroxylation sites is 3. The van der Waals surface area contributed by atoms with E-state index < -0.39 is 0 Å². The number of hydrogen-bond acceptors (Lipinski definition) is 4. The Morgan fingerprint density at radius 1 is 0.302 bits per heavy atom. The molecule has 0 unspecified atom stereocenters. The Kier molecular flexibility index (Phi) is 8.01. The summed E-state index contributed by atoms with van der Waals surface area (Å²) in [4.78, 5) is 14.9. The van der Waals surface area contributed by atoms with Crippen LogP contribution in [0, 0.1) is 0 Å². The van der Waals surface area contributed by atoms with Gasteiger partial charge in [0.15, 0.2) is 17.5 Å². The van der Waals surface area contributed by atoms with Gasteiger partial charge in [-0.15, -0.1) is 11.3 Å². The summed E-state index contributed by atoms with van der Waals surface area (Å²) in [6.45, 7) is 0. The molecule has 0 amide bonds. The summed E-state index contributed by atoms with van der Waals surface area (Å²) in [5, 5.41) is 7.49. The van der Waals surface area contributed by atoms with Crippen LogP contribution < -0.4 is 0 Å². The average Bonchev–Trinajstić information content (AvgIpc) is 4.02. The summed E-state index contributed by atoms with van der Waals surface area (Å²) < 4.78 is 7.46. The topological polar surface area (TPSA) is 48.5 Å². The molecule has 0 fully saturated rings. The lowest BCUT2D eigenvalue weighted by molar-refractivity contribution is 1.07. The van der Waals surface area contributed by atoms with E-state index in [1.54, 1.807) is 0 Å². The standard InChI is InChI=1S/C57H35N5S/c1-3-14-36(15-4-1)55-58-56(37-16-5-2-6-17-37)60-57(59-55)38-26-29-40(30-27-38)62-50-24-11-7-18-43(50)46-22-13-21-42(54(46)62)39-28-32-51-47(34-39)44-19-8-10-23-49(44)61(51)41-31-33-53-48(35-41)45-20-9-12-25-52(45)63-53/h1-35H. The molecule has 0 spiro atoms. The Hall–Kier alpha value is -8.19. The predicted molar refractivity (Wildman–Crippen MR) is 263 cm³/mol. The fraction of sp³-hybridized carbons (Fsp3) is 0. The van der Waals surface area contributed by atoms with Crippen LogP contribution in [0.25, 0.3) is 120 Å². The van der Waals surface area contributed by atoms with Crippen molar-refractivity contribution in [2.45, 2.75) is 0 Å². The number of benzene rings is 9. The Morgan fingerprint density at radius 3 is 1.51 bits per heavy atom. The van der Waals surface area contributed by atoms with Crippen molar-refractivity contribution in [3.05, 3.63) is 212 Å². The number of aromatic nitrogens is 5. The van der Waals surface area contributed by atoms with Crippen molar-refractivity contribution in [3.63, 3.8) is 0 Å². The lowest BCUT2D eigenvalue weighted by Gasteiger charge is -2.13. The third kappa shape index (κ3) is 5.73. The summed E-state index contributed by atoms with van der Waals surface area (Å²) >= 11 is 1.86. The smallest absolute Gasteiger partial charge is 0.164 e. The van der Waals surface area contributed by atoms with Crippen LogP contribution in [-0.4, -0.2) is 24.1 Å². The van der Waals surface area contributed by atoms with Crippen LogP contribution in [0.2, 0.25) is 0 Å². The first-order chi connectivity index (χ1) is 31.2. The third-order valence-electron chi connectivity index (χ3n) is 12.4. The fourth-order valence-corrected chi connectivity index (χ4v) is 10.6. The maximum absolute atomic E-state index is 5.01. The van der Waals surface area contributed by atoms with Gasteiger partial charge in [0, 0.05) is 75.3 Å². The number of hydrogen-bond donors (Lipinski definition) is 0. The van der Waals surface area contributed by atoms with Gasteiger partial charge < -0.3 is 9.13 Å². The average molecular weight is 822 g/mol. The molecule has 0 aliphatic rings. The van der Waals surface area contributed by atoms with E-state index in [2.05, 4.69) is 161 Å². The van der Waals surface area contributed by atoms with Gasteiger partial charge in [-0.05, 0) is 78.4 Å².